The van der Waals surface area contributed by atoms with Gasteiger partial charge in [-0.1, -0.05) is 43.5 Å². The van der Waals surface area contributed by atoms with Gasteiger partial charge in [0, 0.05) is 6.21 Å². The molecule has 58 valence electrons. The minimum atomic E-state index is 0.0333. The lowest BCUT2D eigenvalue weighted by Crippen LogP contribution is -1.92. The van der Waals surface area contributed by atoms with Crippen molar-refractivity contribution in [1.29, 1.82) is 0 Å². The number of hydrogen-bond acceptors (Lipinski definition) is 1. The van der Waals surface area contributed by atoms with E-state index in [4.69, 9.17) is 0 Å². The summed E-state index contributed by atoms with van der Waals surface area (Å²) in [6.07, 6.45) is 10.5. The standard InChI is InChI=1S/C10H13N/c1-4-7-8-10(6-3)11-9-5-2/h4-10H,1-3H2/b8-7-,11-9?. The monoisotopic (exact) mass is 147 g/mol. The van der Waals surface area contributed by atoms with Crippen molar-refractivity contribution in [2.75, 3.05) is 0 Å². The lowest BCUT2D eigenvalue weighted by atomic mass is 10.3. The van der Waals surface area contributed by atoms with E-state index >= 15 is 0 Å². The SMILES string of the molecule is C=CC=NC(C=C)/C=C\C=C. The molecule has 0 saturated carbocycles. The van der Waals surface area contributed by atoms with E-state index < -0.39 is 0 Å². The molecule has 1 nitrogen and oxygen atoms in total. The Kier molecular flexibility index (Phi) is 5.91. The molecular formula is C10H13N. The molecule has 1 unspecified atom stereocenters. The van der Waals surface area contributed by atoms with E-state index in [1.54, 1.807) is 24.4 Å². The van der Waals surface area contributed by atoms with E-state index in [0.29, 0.717) is 0 Å². The van der Waals surface area contributed by atoms with Crippen molar-refractivity contribution in [1.82, 2.24) is 0 Å². The lowest BCUT2D eigenvalue weighted by Gasteiger charge is -1.96. The van der Waals surface area contributed by atoms with Gasteiger partial charge in [0.05, 0.1) is 6.04 Å². The normalized spacial score (nSPS) is 13.5. The minimum Gasteiger partial charge on any atom is -0.282 e. The van der Waals surface area contributed by atoms with Crippen LogP contribution in [0.2, 0.25) is 0 Å². The molecule has 0 N–H and O–H groups in total. The zero-order valence-corrected chi connectivity index (χ0v) is 6.61. The maximum atomic E-state index is 4.10. The first-order valence-electron chi connectivity index (χ1n) is 3.41. The Morgan fingerprint density at radius 3 is 2.27 bits per heavy atom. The molecule has 1 heteroatoms. The Morgan fingerprint density at radius 1 is 1.09 bits per heavy atom. The van der Waals surface area contributed by atoms with Gasteiger partial charge in [0.1, 0.15) is 0 Å². The molecule has 0 rings (SSSR count). The van der Waals surface area contributed by atoms with Gasteiger partial charge in [-0.15, -0.1) is 6.58 Å². The number of nitrogens with zero attached hydrogens (tertiary/aromatic N) is 1. The summed E-state index contributed by atoms with van der Waals surface area (Å²) in [7, 11) is 0. The van der Waals surface area contributed by atoms with Crippen LogP contribution in [-0.2, 0) is 0 Å². The van der Waals surface area contributed by atoms with E-state index in [9.17, 15) is 0 Å². The van der Waals surface area contributed by atoms with Crippen LogP contribution in [0.25, 0.3) is 0 Å². The van der Waals surface area contributed by atoms with Crippen molar-refractivity contribution in [3.05, 3.63) is 50.1 Å². The molecule has 0 aromatic carbocycles. The summed E-state index contributed by atoms with van der Waals surface area (Å²) >= 11 is 0. The van der Waals surface area contributed by atoms with Gasteiger partial charge in [-0.2, -0.15) is 0 Å². The molecule has 0 aliphatic heterocycles. The number of rotatable bonds is 5. The van der Waals surface area contributed by atoms with Gasteiger partial charge >= 0.3 is 0 Å². The van der Waals surface area contributed by atoms with E-state index in [1.807, 2.05) is 12.2 Å². The third-order valence-electron chi connectivity index (χ3n) is 1.05. The van der Waals surface area contributed by atoms with Crippen molar-refractivity contribution in [2.45, 2.75) is 6.04 Å². The average molecular weight is 147 g/mol. The highest BCUT2D eigenvalue weighted by Crippen LogP contribution is 1.93. The van der Waals surface area contributed by atoms with Crippen molar-refractivity contribution in [2.24, 2.45) is 4.99 Å². The third-order valence-corrected chi connectivity index (χ3v) is 1.05. The first-order chi connectivity index (χ1) is 5.35. The van der Waals surface area contributed by atoms with Gasteiger partial charge in [-0.25, -0.2) is 0 Å². The molecule has 0 heterocycles. The van der Waals surface area contributed by atoms with Crippen molar-refractivity contribution in [3.63, 3.8) is 0 Å². The van der Waals surface area contributed by atoms with Crippen molar-refractivity contribution in [3.8, 4) is 0 Å². The van der Waals surface area contributed by atoms with Gasteiger partial charge < -0.3 is 0 Å². The van der Waals surface area contributed by atoms with Crippen LogP contribution in [0.4, 0.5) is 0 Å². The molecule has 11 heavy (non-hydrogen) atoms. The van der Waals surface area contributed by atoms with Crippen LogP contribution in [0.15, 0.2) is 55.1 Å². The average Bonchev–Trinajstić information content (AvgIpc) is 2.05. The second-order valence-corrected chi connectivity index (χ2v) is 1.88. The Bertz CT molecular complexity index is 169. The first kappa shape index (κ1) is 9.63. The van der Waals surface area contributed by atoms with E-state index in [2.05, 4.69) is 24.7 Å². The van der Waals surface area contributed by atoms with Crippen LogP contribution in [0.5, 0.6) is 0 Å². The molecule has 0 aromatic rings. The smallest absolute Gasteiger partial charge is 0.0861 e. The first-order valence-corrected chi connectivity index (χ1v) is 3.41. The van der Waals surface area contributed by atoms with Crippen LogP contribution in [0.3, 0.4) is 0 Å². The van der Waals surface area contributed by atoms with E-state index in [-0.39, 0.29) is 6.04 Å². The highest BCUT2D eigenvalue weighted by atomic mass is 14.7. The largest absolute Gasteiger partial charge is 0.282 e. The summed E-state index contributed by atoms with van der Waals surface area (Å²) in [5, 5.41) is 0. The van der Waals surface area contributed by atoms with Gasteiger partial charge in [0.25, 0.3) is 0 Å². The van der Waals surface area contributed by atoms with Gasteiger partial charge in [0.15, 0.2) is 0 Å². The molecule has 0 saturated heterocycles. The fraction of sp³-hybridized carbons (Fsp3) is 0.100. The quantitative estimate of drug-likeness (QED) is 0.322. The summed E-state index contributed by atoms with van der Waals surface area (Å²) < 4.78 is 0. The van der Waals surface area contributed by atoms with Crippen LogP contribution >= 0.6 is 0 Å². The van der Waals surface area contributed by atoms with Gasteiger partial charge in [-0.3, -0.25) is 4.99 Å². The minimum absolute atomic E-state index is 0.0333. The van der Waals surface area contributed by atoms with Gasteiger partial charge in [0.2, 0.25) is 0 Å². The molecular weight excluding hydrogens is 134 g/mol. The zero-order chi connectivity index (χ0) is 8.53. The number of hydrogen-bond donors (Lipinski definition) is 0. The topological polar surface area (TPSA) is 12.4 Å². The fourth-order valence-electron chi connectivity index (χ4n) is 0.542. The lowest BCUT2D eigenvalue weighted by molar-refractivity contribution is 1.04. The second-order valence-electron chi connectivity index (χ2n) is 1.88. The van der Waals surface area contributed by atoms with Crippen LogP contribution in [-0.4, -0.2) is 12.3 Å². The fourth-order valence-corrected chi connectivity index (χ4v) is 0.542. The third kappa shape index (κ3) is 5.09. The summed E-state index contributed by atoms with van der Waals surface area (Å²) in [5.41, 5.74) is 0. The molecule has 1 atom stereocenters. The number of allylic oxidation sites excluding steroid dienone is 3. The van der Waals surface area contributed by atoms with E-state index in [1.165, 1.54) is 0 Å². The zero-order valence-electron chi connectivity index (χ0n) is 6.61. The van der Waals surface area contributed by atoms with Gasteiger partial charge in [-0.05, 0) is 0 Å². The predicted octanol–water partition coefficient (Wildman–Crippen LogP) is 2.54. The summed E-state index contributed by atoms with van der Waals surface area (Å²) in [6, 6.07) is 0.0333. The van der Waals surface area contributed by atoms with E-state index in [0.717, 1.165) is 0 Å². The summed E-state index contributed by atoms with van der Waals surface area (Å²) in [4.78, 5) is 4.10. The number of aliphatic imine (C=N–C) groups is 1. The molecule has 0 fully saturated rings. The Morgan fingerprint density at radius 2 is 1.82 bits per heavy atom. The van der Waals surface area contributed by atoms with Crippen LogP contribution in [0, 0.1) is 0 Å². The molecule has 0 aliphatic rings. The Hall–Kier alpha value is -1.37. The second kappa shape index (κ2) is 6.75. The maximum Gasteiger partial charge on any atom is 0.0861 e. The molecule has 0 aliphatic carbocycles. The highest BCUT2D eigenvalue weighted by Gasteiger charge is 1.88. The molecule has 0 aromatic heterocycles. The molecule has 0 amide bonds. The molecule has 0 spiro atoms. The Labute approximate surface area is 68.2 Å². The Balaban J connectivity index is 4.04. The molecule has 0 bridgehead atoms. The summed E-state index contributed by atoms with van der Waals surface area (Å²) in [5.74, 6) is 0. The van der Waals surface area contributed by atoms with Crippen molar-refractivity contribution >= 4 is 6.21 Å². The predicted molar refractivity (Wildman–Crippen MR) is 52.0 cm³/mol. The van der Waals surface area contributed by atoms with Crippen LogP contribution < -0.4 is 0 Å². The summed E-state index contributed by atoms with van der Waals surface area (Å²) in [6.45, 7) is 10.7. The maximum absolute atomic E-state index is 4.10. The highest BCUT2D eigenvalue weighted by molar-refractivity contribution is 5.70. The molecule has 0 radical (unpaired) electrons. The van der Waals surface area contributed by atoms with Crippen LogP contribution in [0.1, 0.15) is 0 Å². The van der Waals surface area contributed by atoms with Crippen molar-refractivity contribution < 1.29 is 0 Å².